The normalized spacial score (nSPS) is 24.9. The molecule has 2 rings (SSSR count). The van der Waals surface area contributed by atoms with Gasteiger partial charge in [0, 0.05) is 6.54 Å². The molecule has 2 aliphatic carbocycles. The predicted octanol–water partition coefficient (Wildman–Crippen LogP) is 0.621. The van der Waals surface area contributed by atoms with Gasteiger partial charge < -0.3 is 5.11 Å². The Morgan fingerprint density at radius 2 is 2.00 bits per heavy atom. The number of hydrogen-bond donors (Lipinski definition) is 2. The molecule has 0 spiro atoms. The zero-order valence-corrected chi connectivity index (χ0v) is 9.72. The van der Waals surface area contributed by atoms with E-state index in [-0.39, 0.29) is 12.3 Å². The van der Waals surface area contributed by atoms with Crippen molar-refractivity contribution in [3.05, 3.63) is 0 Å². The van der Waals surface area contributed by atoms with Crippen LogP contribution in [0.5, 0.6) is 0 Å². The van der Waals surface area contributed by atoms with Gasteiger partial charge in [0.25, 0.3) is 0 Å². The zero-order valence-electron chi connectivity index (χ0n) is 8.91. The van der Waals surface area contributed by atoms with E-state index in [1.807, 2.05) is 0 Å². The Kier molecular flexibility index (Phi) is 3.05. The van der Waals surface area contributed by atoms with Crippen molar-refractivity contribution in [1.29, 1.82) is 0 Å². The van der Waals surface area contributed by atoms with Crippen molar-refractivity contribution in [3.63, 3.8) is 0 Å². The quantitative estimate of drug-likeness (QED) is 0.707. The van der Waals surface area contributed by atoms with Crippen molar-refractivity contribution in [3.8, 4) is 0 Å². The van der Waals surface area contributed by atoms with Crippen LogP contribution in [0.1, 0.15) is 38.5 Å². The zero-order chi connectivity index (χ0) is 10.9. The largest absolute Gasteiger partial charge is 0.389 e. The summed E-state index contributed by atoms with van der Waals surface area (Å²) in [5, 5.41) is 9.74. The van der Waals surface area contributed by atoms with E-state index in [1.165, 1.54) is 12.8 Å². The first-order valence-corrected chi connectivity index (χ1v) is 7.34. The molecule has 2 saturated carbocycles. The van der Waals surface area contributed by atoms with Crippen LogP contribution in [0.2, 0.25) is 0 Å². The summed E-state index contributed by atoms with van der Waals surface area (Å²) >= 11 is 0. The lowest BCUT2D eigenvalue weighted by atomic mass is 9.81. The van der Waals surface area contributed by atoms with Gasteiger partial charge in [-0.1, -0.05) is 12.8 Å². The van der Waals surface area contributed by atoms with E-state index >= 15 is 0 Å². The summed E-state index contributed by atoms with van der Waals surface area (Å²) in [6.45, 7) is 0.194. The van der Waals surface area contributed by atoms with Crippen LogP contribution in [0.15, 0.2) is 0 Å². The van der Waals surface area contributed by atoms with Gasteiger partial charge in [0.1, 0.15) is 0 Å². The first-order valence-electron chi connectivity index (χ1n) is 5.69. The third-order valence-electron chi connectivity index (χ3n) is 3.40. The van der Waals surface area contributed by atoms with Gasteiger partial charge in [-0.3, -0.25) is 0 Å². The predicted molar refractivity (Wildman–Crippen MR) is 57.9 cm³/mol. The molecule has 4 nitrogen and oxygen atoms in total. The number of hydrogen-bond acceptors (Lipinski definition) is 3. The van der Waals surface area contributed by atoms with Crippen LogP contribution in [0.25, 0.3) is 0 Å². The minimum Gasteiger partial charge on any atom is -0.389 e. The van der Waals surface area contributed by atoms with Gasteiger partial charge in [-0.15, -0.1) is 0 Å². The van der Waals surface area contributed by atoms with Crippen LogP contribution in [-0.4, -0.2) is 31.4 Å². The summed E-state index contributed by atoms with van der Waals surface area (Å²) in [7, 11) is -3.16. The molecule has 0 unspecified atom stereocenters. The number of nitrogens with one attached hydrogen (secondary N) is 1. The Balaban J connectivity index is 1.71. The number of rotatable bonds is 6. The monoisotopic (exact) mass is 233 g/mol. The molecule has 0 aromatic carbocycles. The Morgan fingerprint density at radius 3 is 2.47 bits per heavy atom. The van der Waals surface area contributed by atoms with E-state index in [0.29, 0.717) is 5.92 Å². The summed E-state index contributed by atoms with van der Waals surface area (Å²) in [5.41, 5.74) is -0.757. The fourth-order valence-corrected chi connectivity index (χ4v) is 3.08. The summed E-state index contributed by atoms with van der Waals surface area (Å²) < 4.78 is 25.6. The van der Waals surface area contributed by atoms with E-state index in [4.69, 9.17) is 0 Å². The molecular formula is C10H19NO3S. The summed E-state index contributed by atoms with van der Waals surface area (Å²) in [4.78, 5) is 0. The summed E-state index contributed by atoms with van der Waals surface area (Å²) in [5.74, 6) is 0.849. The van der Waals surface area contributed by atoms with Crippen LogP contribution < -0.4 is 4.72 Å². The number of sulfonamides is 1. The Labute approximate surface area is 91.1 Å². The molecule has 2 fully saturated rings. The maximum atomic E-state index is 11.5. The second-order valence-corrected chi connectivity index (χ2v) is 6.88. The average Bonchev–Trinajstić information content (AvgIpc) is 2.92. The Morgan fingerprint density at radius 1 is 1.33 bits per heavy atom. The standard InChI is InChI=1S/C10H19NO3S/c12-10(5-1-6-10)8-11-15(13,14)7-4-9-2-3-9/h9,11-12H,1-8H2. The van der Waals surface area contributed by atoms with Crippen molar-refractivity contribution in [1.82, 2.24) is 4.72 Å². The van der Waals surface area contributed by atoms with E-state index in [1.54, 1.807) is 0 Å². The Bertz CT molecular complexity index is 318. The SMILES string of the molecule is O=S(=O)(CCC1CC1)NCC1(O)CCC1. The first kappa shape index (κ1) is 11.4. The molecule has 0 aromatic rings. The maximum absolute atomic E-state index is 11.5. The van der Waals surface area contributed by atoms with Crippen molar-refractivity contribution >= 4 is 10.0 Å². The second kappa shape index (κ2) is 4.03. The molecule has 88 valence electrons. The van der Waals surface area contributed by atoms with Gasteiger partial charge in [0.05, 0.1) is 11.4 Å². The van der Waals surface area contributed by atoms with Gasteiger partial charge in [-0.05, 0) is 31.6 Å². The molecule has 0 amide bonds. The fraction of sp³-hybridized carbons (Fsp3) is 1.00. The highest BCUT2D eigenvalue weighted by molar-refractivity contribution is 7.89. The fourth-order valence-electron chi connectivity index (χ4n) is 1.81. The van der Waals surface area contributed by atoms with Gasteiger partial charge in [0.2, 0.25) is 10.0 Å². The highest BCUT2D eigenvalue weighted by atomic mass is 32.2. The lowest BCUT2D eigenvalue weighted by Gasteiger charge is -2.36. The molecule has 5 heteroatoms. The maximum Gasteiger partial charge on any atom is 0.211 e. The van der Waals surface area contributed by atoms with Gasteiger partial charge in [-0.2, -0.15) is 0 Å². The second-order valence-electron chi connectivity index (χ2n) is 4.95. The van der Waals surface area contributed by atoms with E-state index in [2.05, 4.69) is 4.72 Å². The Hall–Kier alpha value is -0.130. The minimum absolute atomic E-state index is 0.194. The molecule has 2 N–H and O–H groups in total. The lowest BCUT2D eigenvalue weighted by molar-refractivity contribution is -0.0270. The molecule has 0 bridgehead atoms. The van der Waals surface area contributed by atoms with E-state index < -0.39 is 15.6 Å². The van der Waals surface area contributed by atoms with Gasteiger partial charge >= 0.3 is 0 Å². The minimum atomic E-state index is -3.16. The molecular weight excluding hydrogens is 214 g/mol. The molecule has 0 saturated heterocycles. The van der Waals surface area contributed by atoms with E-state index in [9.17, 15) is 13.5 Å². The average molecular weight is 233 g/mol. The molecule has 2 aliphatic rings. The van der Waals surface area contributed by atoms with Crippen molar-refractivity contribution in [2.75, 3.05) is 12.3 Å². The highest BCUT2D eigenvalue weighted by Crippen LogP contribution is 2.33. The first-order chi connectivity index (χ1) is 6.99. The molecule has 15 heavy (non-hydrogen) atoms. The molecule has 0 aliphatic heterocycles. The van der Waals surface area contributed by atoms with Crippen LogP contribution in [-0.2, 0) is 10.0 Å². The smallest absolute Gasteiger partial charge is 0.211 e. The molecule has 0 radical (unpaired) electrons. The molecule has 0 atom stereocenters. The lowest BCUT2D eigenvalue weighted by Crippen LogP contribution is -2.48. The molecule has 0 aromatic heterocycles. The highest BCUT2D eigenvalue weighted by Gasteiger charge is 2.35. The van der Waals surface area contributed by atoms with Crippen molar-refractivity contribution in [2.45, 2.75) is 44.1 Å². The molecule has 0 heterocycles. The van der Waals surface area contributed by atoms with Crippen molar-refractivity contribution in [2.24, 2.45) is 5.92 Å². The van der Waals surface area contributed by atoms with E-state index in [0.717, 1.165) is 25.7 Å². The third-order valence-corrected chi connectivity index (χ3v) is 4.75. The third kappa shape index (κ3) is 3.43. The van der Waals surface area contributed by atoms with Crippen LogP contribution >= 0.6 is 0 Å². The van der Waals surface area contributed by atoms with Crippen LogP contribution in [0.4, 0.5) is 0 Å². The summed E-state index contributed by atoms with van der Waals surface area (Å²) in [6.07, 6.45) is 5.57. The van der Waals surface area contributed by atoms with Crippen LogP contribution in [0.3, 0.4) is 0 Å². The topological polar surface area (TPSA) is 66.4 Å². The van der Waals surface area contributed by atoms with Gasteiger partial charge in [0.15, 0.2) is 0 Å². The van der Waals surface area contributed by atoms with Crippen molar-refractivity contribution < 1.29 is 13.5 Å². The summed E-state index contributed by atoms with van der Waals surface area (Å²) in [6, 6.07) is 0. The van der Waals surface area contributed by atoms with Crippen LogP contribution in [0, 0.1) is 5.92 Å². The van der Waals surface area contributed by atoms with Gasteiger partial charge in [-0.25, -0.2) is 13.1 Å². The number of aliphatic hydroxyl groups is 1.